The van der Waals surface area contributed by atoms with E-state index in [9.17, 15) is 9.59 Å². The van der Waals surface area contributed by atoms with Crippen LogP contribution in [0.2, 0.25) is 0 Å². The summed E-state index contributed by atoms with van der Waals surface area (Å²) in [5, 5.41) is 4.22. The lowest BCUT2D eigenvalue weighted by atomic mass is 10.2. The van der Waals surface area contributed by atoms with Crippen molar-refractivity contribution in [3.8, 4) is 0 Å². The first-order valence-electron chi connectivity index (χ1n) is 6.05. The average Bonchev–Trinajstić information content (AvgIpc) is 2.48. The van der Waals surface area contributed by atoms with E-state index >= 15 is 0 Å². The molecule has 0 bridgehead atoms. The molecule has 1 N–H and O–H groups in total. The van der Waals surface area contributed by atoms with Crippen molar-refractivity contribution < 1.29 is 9.53 Å². The van der Waals surface area contributed by atoms with E-state index < -0.39 is 11.5 Å². The number of nitrogens with one attached hydrogen (secondary N) is 1. The van der Waals surface area contributed by atoms with Gasteiger partial charge in [0.05, 0.1) is 13.3 Å². The van der Waals surface area contributed by atoms with Crippen LogP contribution in [0.5, 0.6) is 0 Å². The Morgan fingerprint density at radius 1 is 1.38 bits per heavy atom. The van der Waals surface area contributed by atoms with Crippen LogP contribution >= 0.6 is 11.3 Å². The van der Waals surface area contributed by atoms with Gasteiger partial charge in [0.2, 0.25) is 5.13 Å². The first kappa shape index (κ1) is 14.9. The number of methoxy groups -OCH3 is 1. The summed E-state index contributed by atoms with van der Waals surface area (Å²) in [5.41, 5.74) is 4.18. The standard InChI is InChI=1S/C14H13N3O3S/c1-9-3-5-10(6-4-9)8-15-17-14-16-12(18)7-11(21-14)13(19)20-2/h3-8H,1-2H3,(H,16,17,18)/b15-8-. The maximum atomic E-state index is 11.4. The first-order chi connectivity index (χ1) is 10.1. The number of carbonyl (C=O) groups is 1. The fourth-order valence-electron chi connectivity index (χ4n) is 1.46. The lowest BCUT2D eigenvalue weighted by Crippen LogP contribution is -2.10. The number of aromatic nitrogens is 1. The van der Waals surface area contributed by atoms with Gasteiger partial charge in [0.15, 0.2) is 0 Å². The Hall–Kier alpha value is -2.54. The predicted octanol–water partition coefficient (Wildman–Crippen LogP) is 2.04. The van der Waals surface area contributed by atoms with E-state index in [-0.39, 0.29) is 10.0 Å². The molecule has 1 aromatic carbocycles. The third kappa shape index (κ3) is 4.22. The van der Waals surface area contributed by atoms with Crippen molar-refractivity contribution in [3.05, 3.63) is 56.7 Å². The van der Waals surface area contributed by atoms with Crippen molar-refractivity contribution in [2.75, 3.05) is 12.5 Å². The zero-order chi connectivity index (χ0) is 15.2. The van der Waals surface area contributed by atoms with Crippen molar-refractivity contribution in [1.82, 2.24) is 4.98 Å². The fourth-order valence-corrected chi connectivity index (χ4v) is 2.23. The van der Waals surface area contributed by atoms with Crippen LogP contribution in [0.15, 0.2) is 40.2 Å². The van der Waals surface area contributed by atoms with Gasteiger partial charge in [-0.05, 0) is 12.5 Å². The largest absolute Gasteiger partial charge is 0.465 e. The number of hydrazone groups is 1. The van der Waals surface area contributed by atoms with Gasteiger partial charge in [-0.25, -0.2) is 4.79 Å². The number of esters is 1. The Kier molecular flexibility index (Phi) is 4.78. The molecule has 0 aliphatic heterocycles. The van der Waals surface area contributed by atoms with E-state index in [1.807, 2.05) is 31.2 Å². The molecule has 0 atom stereocenters. The maximum Gasteiger partial charge on any atom is 0.348 e. The summed E-state index contributed by atoms with van der Waals surface area (Å²) in [7, 11) is 1.25. The maximum absolute atomic E-state index is 11.4. The average molecular weight is 303 g/mol. The number of rotatable bonds is 4. The van der Waals surface area contributed by atoms with Crippen LogP contribution in [0.3, 0.4) is 0 Å². The first-order valence-corrected chi connectivity index (χ1v) is 6.86. The van der Waals surface area contributed by atoms with Crippen LogP contribution in [-0.4, -0.2) is 24.3 Å². The molecule has 108 valence electrons. The topological polar surface area (TPSA) is 80.7 Å². The molecule has 0 aliphatic rings. The zero-order valence-electron chi connectivity index (χ0n) is 11.5. The monoisotopic (exact) mass is 303 g/mol. The normalized spacial score (nSPS) is 10.6. The number of carbonyl (C=O) groups excluding carboxylic acids is 1. The molecule has 0 saturated heterocycles. The van der Waals surface area contributed by atoms with Crippen LogP contribution in [-0.2, 0) is 4.74 Å². The molecule has 0 fully saturated rings. The molecular formula is C14H13N3O3S. The molecule has 2 aromatic rings. The number of aryl methyl sites for hydroxylation is 1. The van der Waals surface area contributed by atoms with Crippen LogP contribution in [0, 0.1) is 6.92 Å². The van der Waals surface area contributed by atoms with Crippen molar-refractivity contribution in [2.45, 2.75) is 6.92 Å². The minimum absolute atomic E-state index is 0.172. The number of nitrogens with zero attached hydrogens (tertiary/aromatic N) is 2. The molecule has 0 amide bonds. The Morgan fingerprint density at radius 3 is 2.76 bits per heavy atom. The molecule has 0 unspecified atom stereocenters. The van der Waals surface area contributed by atoms with Gasteiger partial charge in [-0.3, -0.25) is 10.2 Å². The number of hydrogen-bond acceptors (Lipinski definition) is 7. The minimum Gasteiger partial charge on any atom is -0.465 e. The van der Waals surface area contributed by atoms with Gasteiger partial charge >= 0.3 is 5.97 Å². The van der Waals surface area contributed by atoms with Crippen LogP contribution < -0.4 is 11.0 Å². The molecule has 1 aromatic heterocycles. The molecule has 2 rings (SSSR count). The Bertz CT molecular complexity index is 723. The van der Waals surface area contributed by atoms with Gasteiger partial charge in [-0.1, -0.05) is 41.2 Å². The van der Waals surface area contributed by atoms with Gasteiger partial charge in [-0.2, -0.15) is 10.1 Å². The minimum atomic E-state index is -0.579. The zero-order valence-corrected chi connectivity index (χ0v) is 12.3. The highest BCUT2D eigenvalue weighted by Crippen LogP contribution is 2.14. The molecule has 21 heavy (non-hydrogen) atoms. The summed E-state index contributed by atoms with van der Waals surface area (Å²) < 4.78 is 4.57. The Balaban J connectivity index is 2.12. The molecule has 0 saturated carbocycles. The lowest BCUT2D eigenvalue weighted by Gasteiger charge is -2.00. The van der Waals surface area contributed by atoms with Crippen LogP contribution in [0.4, 0.5) is 5.13 Å². The lowest BCUT2D eigenvalue weighted by molar-refractivity contribution is 0.0606. The molecule has 7 heteroatoms. The van der Waals surface area contributed by atoms with E-state index in [1.54, 1.807) is 6.21 Å². The summed E-state index contributed by atoms with van der Waals surface area (Å²) in [6, 6.07) is 8.90. The summed E-state index contributed by atoms with van der Waals surface area (Å²) in [4.78, 5) is 26.7. The summed E-state index contributed by atoms with van der Waals surface area (Å²) >= 11 is 0.996. The van der Waals surface area contributed by atoms with Gasteiger partial charge in [0.25, 0.3) is 5.56 Å². The van der Waals surface area contributed by atoms with Gasteiger partial charge in [0, 0.05) is 6.07 Å². The number of benzene rings is 1. The van der Waals surface area contributed by atoms with Crippen molar-refractivity contribution in [1.29, 1.82) is 0 Å². The number of ether oxygens (including phenoxy) is 1. The summed E-state index contributed by atoms with van der Waals surface area (Å²) in [6.45, 7) is 2.00. The number of hydrogen-bond donors (Lipinski definition) is 1. The van der Waals surface area contributed by atoms with Gasteiger partial charge < -0.3 is 4.74 Å². The second kappa shape index (κ2) is 6.76. The van der Waals surface area contributed by atoms with Gasteiger partial charge in [-0.15, -0.1) is 0 Å². The van der Waals surface area contributed by atoms with Crippen LogP contribution in [0.25, 0.3) is 0 Å². The number of anilines is 1. The van der Waals surface area contributed by atoms with E-state index in [2.05, 4.69) is 20.2 Å². The smallest absolute Gasteiger partial charge is 0.348 e. The van der Waals surface area contributed by atoms with E-state index in [0.29, 0.717) is 0 Å². The van der Waals surface area contributed by atoms with Crippen molar-refractivity contribution in [2.24, 2.45) is 5.10 Å². The second-order valence-corrected chi connectivity index (χ2v) is 5.17. The molecular weight excluding hydrogens is 290 g/mol. The fraction of sp³-hybridized carbons (Fsp3) is 0.143. The van der Waals surface area contributed by atoms with Crippen molar-refractivity contribution in [3.63, 3.8) is 0 Å². The molecule has 0 radical (unpaired) electrons. The molecule has 0 spiro atoms. The van der Waals surface area contributed by atoms with Crippen molar-refractivity contribution >= 4 is 28.7 Å². The summed E-state index contributed by atoms with van der Waals surface area (Å²) in [6.07, 6.45) is 1.60. The second-order valence-electron chi connectivity index (χ2n) is 4.14. The molecule has 0 aliphatic carbocycles. The highest BCUT2D eigenvalue weighted by molar-refractivity contribution is 7.17. The summed E-state index contributed by atoms with van der Waals surface area (Å²) in [5.74, 6) is -0.579. The van der Waals surface area contributed by atoms with E-state index in [1.165, 1.54) is 7.11 Å². The SMILES string of the molecule is COC(=O)c1cc(=O)nc(N/N=C\c2ccc(C)cc2)s1. The molecule has 1 heterocycles. The van der Waals surface area contributed by atoms with Gasteiger partial charge in [0.1, 0.15) is 4.88 Å². The predicted molar refractivity (Wildman–Crippen MR) is 82.1 cm³/mol. The molecule has 6 nitrogen and oxygen atoms in total. The Labute approximate surface area is 125 Å². The van der Waals surface area contributed by atoms with E-state index in [4.69, 9.17) is 0 Å². The Morgan fingerprint density at radius 2 is 2.10 bits per heavy atom. The highest BCUT2D eigenvalue weighted by Gasteiger charge is 2.09. The third-order valence-electron chi connectivity index (χ3n) is 2.51. The highest BCUT2D eigenvalue weighted by atomic mass is 32.1. The van der Waals surface area contributed by atoms with E-state index in [0.717, 1.165) is 28.5 Å². The third-order valence-corrected chi connectivity index (χ3v) is 3.39. The quantitative estimate of drug-likeness (QED) is 0.531. The van der Waals surface area contributed by atoms with Crippen LogP contribution in [0.1, 0.15) is 20.8 Å².